The maximum atomic E-state index is 12.8. The van der Waals surface area contributed by atoms with Crippen LogP contribution in [0.4, 0.5) is 0 Å². The van der Waals surface area contributed by atoms with Gasteiger partial charge in [0.25, 0.3) is 0 Å². The SMILES string of the molecule is COC(=O)[C@@H]1Oc2c(c(=O)oc3ccccc23)[C@H]1c1ccc(OC)c(OC)c1. The Morgan fingerprint density at radius 2 is 1.75 bits per heavy atom. The van der Waals surface area contributed by atoms with E-state index in [-0.39, 0.29) is 5.56 Å². The summed E-state index contributed by atoms with van der Waals surface area (Å²) in [6, 6.07) is 12.2. The highest BCUT2D eigenvalue weighted by Crippen LogP contribution is 2.45. The summed E-state index contributed by atoms with van der Waals surface area (Å²) in [5.41, 5.74) is 0.762. The molecule has 2 heterocycles. The van der Waals surface area contributed by atoms with E-state index in [0.717, 1.165) is 0 Å². The molecule has 0 saturated heterocycles. The van der Waals surface area contributed by atoms with Crippen LogP contribution in [0.15, 0.2) is 51.7 Å². The van der Waals surface area contributed by atoms with Crippen LogP contribution in [0.2, 0.25) is 0 Å². The van der Waals surface area contributed by atoms with Crippen molar-refractivity contribution < 1.29 is 28.2 Å². The molecule has 7 heteroatoms. The van der Waals surface area contributed by atoms with Crippen LogP contribution in [0.3, 0.4) is 0 Å². The average molecular weight is 382 g/mol. The second-order valence-electron chi connectivity index (χ2n) is 6.28. The lowest BCUT2D eigenvalue weighted by Gasteiger charge is -2.18. The number of methoxy groups -OCH3 is 3. The van der Waals surface area contributed by atoms with Crippen molar-refractivity contribution in [3.63, 3.8) is 0 Å². The van der Waals surface area contributed by atoms with Gasteiger partial charge in [-0.05, 0) is 29.8 Å². The van der Waals surface area contributed by atoms with E-state index in [1.165, 1.54) is 21.3 Å². The largest absolute Gasteiger partial charge is 0.493 e. The van der Waals surface area contributed by atoms with E-state index in [4.69, 9.17) is 23.4 Å². The summed E-state index contributed by atoms with van der Waals surface area (Å²) in [7, 11) is 4.32. The van der Waals surface area contributed by atoms with Crippen LogP contribution in [0.5, 0.6) is 17.2 Å². The normalized spacial score (nSPS) is 17.7. The number of esters is 1. The number of carbonyl (C=O) groups is 1. The molecule has 0 radical (unpaired) electrons. The van der Waals surface area contributed by atoms with Gasteiger partial charge in [-0.2, -0.15) is 0 Å². The van der Waals surface area contributed by atoms with E-state index in [1.807, 2.05) is 6.07 Å². The van der Waals surface area contributed by atoms with Gasteiger partial charge in [0.2, 0.25) is 6.10 Å². The fourth-order valence-electron chi connectivity index (χ4n) is 3.57. The van der Waals surface area contributed by atoms with Gasteiger partial charge < -0.3 is 23.4 Å². The van der Waals surface area contributed by atoms with Crippen molar-refractivity contribution >= 4 is 16.9 Å². The van der Waals surface area contributed by atoms with Crippen LogP contribution >= 0.6 is 0 Å². The van der Waals surface area contributed by atoms with E-state index >= 15 is 0 Å². The molecule has 0 bridgehead atoms. The Labute approximate surface area is 160 Å². The van der Waals surface area contributed by atoms with E-state index < -0.39 is 23.6 Å². The lowest BCUT2D eigenvalue weighted by atomic mass is 9.88. The minimum absolute atomic E-state index is 0.279. The van der Waals surface area contributed by atoms with Gasteiger partial charge >= 0.3 is 11.6 Å². The van der Waals surface area contributed by atoms with Crippen LogP contribution in [-0.4, -0.2) is 33.4 Å². The first kappa shape index (κ1) is 17.9. The zero-order valence-electron chi connectivity index (χ0n) is 15.6. The molecule has 0 N–H and O–H groups in total. The Morgan fingerprint density at radius 3 is 2.46 bits per heavy atom. The average Bonchev–Trinajstić information content (AvgIpc) is 3.14. The predicted molar refractivity (Wildman–Crippen MR) is 100 cm³/mol. The van der Waals surface area contributed by atoms with Gasteiger partial charge in [0.05, 0.1) is 38.2 Å². The van der Waals surface area contributed by atoms with Crippen molar-refractivity contribution in [3.8, 4) is 17.2 Å². The zero-order valence-corrected chi connectivity index (χ0v) is 15.6. The molecule has 4 rings (SSSR count). The number of hydrogen-bond acceptors (Lipinski definition) is 7. The molecule has 2 aromatic carbocycles. The fraction of sp³-hybridized carbons (Fsp3) is 0.238. The third-order valence-corrected chi connectivity index (χ3v) is 4.86. The number of rotatable bonds is 4. The van der Waals surface area contributed by atoms with E-state index in [9.17, 15) is 9.59 Å². The highest BCUT2D eigenvalue weighted by atomic mass is 16.6. The molecule has 1 aromatic heterocycles. The molecule has 0 amide bonds. The van der Waals surface area contributed by atoms with Gasteiger partial charge in [-0.3, -0.25) is 0 Å². The predicted octanol–water partition coefficient (Wildman–Crippen LogP) is 2.88. The van der Waals surface area contributed by atoms with Crippen molar-refractivity contribution in [2.45, 2.75) is 12.0 Å². The monoisotopic (exact) mass is 382 g/mol. The smallest absolute Gasteiger partial charge is 0.348 e. The number of para-hydroxylation sites is 1. The number of benzene rings is 2. The third kappa shape index (κ3) is 2.67. The Hall–Kier alpha value is -3.48. The molecule has 0 saturated carbocycles. The van der Waals surface area contributed by atoms with Crippen LogP contribution in [0.1, 0.15) is 17.0 Å². The molecule has 2 atom stereocenters. The Morgan fingerprint density at radius 1 is 1.00 bits per heavy atom. The van der Waals surface area contributed by atoms with Gasteiger partial charge in [-0.1, -0.05) is 18.2 Å². The zero-order chi connectivity index (χ0) is 19.8. The molecule has 28 heavy (non-hydrogen) atoms. The first-order valence-corrected chi connectivity index (χ1v) is 8.61. The highest BCUT2D eigenvalue weighted by Gasteiger charge is 2.45. The van der Waals surface area contributed by atoms with Crippen molar-refractivity contribution in [2.75, 3.05) is 21.3 Å². The maximum Gasteiger partial charge on any atom is 0.348 e. The number of carbonyl (C=O) groups excluding carboxylic acids is 1. The quantitative estimate of drug-likeness (QED) is 0.507. The van der Waals surface area contributed by atoms with Gasteiger partial charge in [0.15, 0.2) is 11.5 Å². The maximum absolute atomic E-state index is 12.8. The molecule has 144 valence electrons. The van der Waals surface area contributed by atoms with Crippen molar-refractivity contribution in [3.05, 3.63) is 64.0 Å². The molecular weight excluding hydrogens is 364 g/mol. The summed E-state index contributed by atoms with van der Waals surface area (Å²) in [6.07, 6.45) is -1.02. The highest BCUT2D eigenvalue weighted by molar-refractivity contribution is 5.88. The lowest BCUT2D eigenvalue weighted by molar-refractivity contribution is -0.148. The molecule has 1 aliphatic heterocycles. The number of fused-ring (bicyclic) bond motifs is 3. The van der Waals surface area contributed by atoms with Gasteiger partial charge in [-0.25, -0.2) is 9.59 Å². The first-order chi connectivity index (χ1) is 13.6. The van der Waals surface area contributed by atoms with E-state index in [0.29, 0.717) is 33.8 Å². The van der Waals surface area contributed by atoms with E-state index in [2.05, 4.69) is 0 Å². The molecule has 0 unspecified atom stereocenters. The second kappa shape index (κ2) is 6.92. The first-order valence-electron chi connectivity index (χ1n) is 8.61. The van der Waals surface area contributed by atoms with Crippen molar-refractivity contribution in [1.29, 1.82) is 0 Å². The third-order valence-electron chi connectivity index (χ3n) is 4.86. The molecule has 0 aliphatic carbocycles. The van der Waals surface area contributed by atoms with Crippen LogP contribution in [0.25, 0.3) is 11.0 Å². The van der Waals surface area contributed by atoms with Gasteiger partial charge in [0.1, 0.15) is 11.3 Å². The minimum Gasteiger partial charge on any atom is -0.493 e. The van der Waals surface area contributed by atoms with Gasteiger partial charge in [0, 0.05) is 0 Å². The minimum atomic E-state index is -1.02. The number of ether oxygens (including phenoxy) is 4. The molecule has 0 spiro atoms. The van der Waals surface area contributed by atoms with Crippen molar-refractivity contribution in [2.24, 2.45) is 0 Å². The summed E-state index contributed by atoms with van der Waals surface area (Å²) in [5, 5.41) is 0.619. The van der Waals surface area contributed by atoms with Crippen LogP contribution < -0.4 is 19.8 Å². The number of hydrogen-bond donors (Lipinski definition) is 0. The van der Waals surface area contributed by atoms with E-state index in [1.54, 1.807) is 36.4 Å². The lowest BCUT2D eigenvalue weighted by Crippen LogP contribution is -2.31. The Kier molecular flexibility index (Phi) is 4.43. The summed E-state index contributed by atoms with van der Waals surface area (Å²) in [4.78, 5) is 25.2. The molecule has 3 aromatic rings. The Bertz CT molecular complexity index is 1120. The Balaban J connectivity index is 1.96. The van der Waals surface area contributed by atoms with Gasteiger partial charge in [-0.15, -0.1) is 0 Å². The summed E-state index contributed by atoms with van der Waals surface area (Å²) >= 11 is 0. The molecule has 7 nitrogen and oxygen atoms in total. The summed E-state index contributed by atoms with van der Waals surface area (Å²) in [6.45, 7) is 0. The summed E-state index contributed by atoms with van der Waals surface area (Å²) in [5.74, 6) is 0.0532. The second-order valence-corrected chi connectivity index (χ2v) is 6.28. The molecular formula is C21H18O7. The standard InChI is InChI=1S/C21H18O7/c1-24-14-9-8-11(10-15(14)25-2)16-17-18(28-19(16)21(23)26-3)12-6-4-5-7-13(12)27-20(17)22/h4-10,16,19H,1-3H3/t16-,19-/m1/s1. The van der Waals surface area contributed by atoms with Crippen LogP contribution in [0, 0.1) is 0 Å². The topological polar surface area (TPSA) is 84.2 Å². The fourth-order valence-corrected chi connectivity index (χ4v) is 3.57. The van der Waals surface area contributed by atoms with Crippen LogP contribution in [-0.2, 0) is 9.53 Å². The van der Waals surface area contributed by atoms with Crippen molar-refractivity contribution in [1.82, 2.24) is 0 Å². The summed E-state index contributed by atoms with van der Waals surface area (Å²) < 4.78 is 27.0. The molecule has 0 fully saturated rings. The molecule has 1 aliphatic rings.